The van der Waals surface area contributed by atoms with Crippen LogP contribution in [0.25, 0.3) is 0 Å². The molecule has 3 N–H and O–H groups in total. The van der Waals surface area contributed by atoms with Crippen LogP contribution < -0.4 is 20.9 Å². The summed E-state index contributed by atoms with van der Waals surface area (Å²) in [5.74, 6) is -0.689. The largest absolute Gasteiger partial charge is 0.334 e. The smallest absolute Gasteiger partial charge is 0.315 e. The summed E-state index contributed by atoms with van der Waals surface area (Å²) in [7, 11) is 0. The van der Waals surface area contributed by atoms with E-state index in [1.165, 1.54) is 12.1 Å². The highest BCUT2D eigenvalue weighted by molar-refractivity contribution is 6.34. The molecule has 0 aromatic heterocycles. The number of carbonyl (C=O) groups is 3. The summed E-state index contributed by atoms with van der Waals surface area (Å²) in [5, 5.41) is 8.48. The highest BCUT2D eigenvalue weighted by Crippen LogP contribution is 2.31. The number of amides is 4. The minimum atomic E-state index is -0.744. The summed E-state index contributed by atoms with van der Waals surface area (Å²) < 4.78 is 13.0. The molecule has 0 saturated carbocycles. The average molecular weight is 461 g/mol. The molecule has 1 aliphatic rings. The standard InChI is InChI=1S/C23H26ClFN4O3/c1-2-4-19(28-23(32)26-14-15-6-8-16(25)9-7-15)22(31)27-17-10-11-20(18(24)13-17)29-12-3-5-21(29)30/h6-11,13,19H,2-5,12,14H2,1H3,(H,27,31)(H2,26,28,32)/t19-/m1/s1. The highest BCUT2D eigenvalue weighted by Gasteiger charge is 2.24. The monoisotopic (exact) mass is 460 g/mol. The molecule has 0 spiro atoms. The number of anilines is 2. The Morgan fingerprint density at radius 2 is 1.94 bits per heavy atom. The molecule has 0 bridgehead atoms. The van der Waals surface area contributed by atoms with Crippen LogP contribution in [0.1, 0.15) is 38.2 Å². The van der Waals surface area contributed by atoms with Crippen molar-refractivity contribution < 1.29 is 18.8 Å². The van der Waals surface area contributed by atoms with Gasteiger partial charge in [0.2, 0.25) is 11.8 Å². The number of nitrogens with zero attached hydrogens (tertiary/aromatic N) is 1. The maximum Gasteiger partial charge on any atom is 0.315 e. The molecule has 2 aromatic carbocycles. The van der Waals surface area contributed by atoms with E-state index < -0.39 is 12.1 Å². The van der Waals surface area contributed by atoms with Gasteiger partial charge in [-0.25, -0.2) is 9.18 Å². The number of benzene rings is 2. The first-order chi connectivity index (χ1) is 15.4. The van der Waals surface area contributed by atoms with Crippen LogP contribution in [0, 0.1) is 5.82 Å². The van der Waals surface area contributed by atoms with Crippen LogP contribution in [-0.4, -0.2) is 30.4 Å². The number of carbonyl (C=O) groups excluding carboxylic acids is 3. The van der Waals surface area contributed by atoms with Gasteiger partial charge in [-0.3, -0.25) is 9.59 Å². The third-order valence-electron chi connectivity index (χ3n) is 5.14. The lowest BCUT2D eigenvalue weighted by atomic mass is 10.1. The van der Waals surface area contributed by atoms with Crippen molar-refractivity contribution in [3.63, 3.8) is 0 Å². The van der Waals surface area contributed by atoms with Crippen LogP contribution in [0.3, 0.4) is 0 Å². The summed E-state index contributed by atoms with van der Waals surface area (Å²) in [5.41, 5.74) is 1.84. The normalized spacial score (nSPS) is 14.2. The van der Waals surface area contributed by atoms with Gasteiger partial charge in [0.1, 0.15) is 11.9 Å². The van der Waals surface area contributed by atoms with Crippen molar-refractivity contribution in [2.24, 2.45) is 0 Å². The molecule has 1 aliphatic heterocycles. The Morgan fingerprint density at radius 3 is 2.56 bits per heavy atom. The first-order valence-corrected chi connectivity index (χ1v) is 10.9. The SMILES string of the molecule is CCC[C@@H](NC(=O)NCc1ccc(F)cc1)C(=O)Nc1ccc(N2CCCC2=O)c(Cl)c1. The summed E-state index contributed by atoms with van der Waals surface area (Å²) in [6.07, 6.45) is 2.43. The maximum absolute atomic E-state index is 13.0. The van der Waals surface area contributed by atoms with Gasteiger partial charge in [0.25, 0.3) is 0 Å². The Morgan fingerprint density at radius 1 is 1.19 bits per heavy atom. The molecule has 1 heterocycles. The molecule has 0 radical (unpaired) electrons. The van der Waals surface area contributed by atoms with Crippen molar-refractivity contribution in [1.82, 2.24) is 10.6 Å². The van der Waals surface area contributed by atoms with Gasteiger partial charge in [-0.05, 0) is 48.7 Å². The van der Waals surface area contributed by atoms with E-state index in [9.17, 15) is 18.8 Å². The Hall–Kier alpha value is -3.13. The van der Waals surface area contributed by atoms with E-state index in [4.69, 9.17) is 11.6 Å². The maximum atomic E-state index is 13.0. The number of hydrogen-bond acceptors (Lipinski definition) is 3. The number of urea groups is 1. The number of rotatable bonds is 8. The van der Waals surface area contributed by atoms with E-state index in [0.717, 1.165) is 12.0 Å². The van der Waals surface area contributed by atoms with E-state index in [2.05, 4.69) is 16.0 Å². The quantitative estimate of drug-likeness (QED) is 0.551. The zero-order valence-corrected chi connectivity index (χ0v) is 18.5. The van der Waals surface area contributed by atoms with Crippen molar-refractivity contribution in [1.29, 1.82) is 0 Å². The van der Waals surface area contributed by atoms with Gasteiger partial charge in [0.05, 0.1) is 10.7 Å². The van der Waals surface area contributed by atoms with Gasteiger partial charge in [-0.15, -0.1) is 0 Å². The van der Waals surface area contributed by atoms with E-state index in [1.54, 1.807) is 35.2 Å². The predicted octanol–water partition coefficient (Wildman–Crippen LogP) is 4.21. The average Bonchev–Trinajstić information content (AvgIpc) is 3.18. The van der Waals surface area contributed by atoms with E-state index in [0.29, 0.717) is 42.2 Å². The molecular formula is C23H26ClFN4O3. The lowest BCUT2D eigenvalue weighted by molar-refractivity contribution is -0.118. The van der Waals surface area contributed by atoms with E-state index >= 15 is 0 Å². The summed E-state index contributed by atoms with van der Waals surface area (Å²) in [6, 6.07) is 9.54. The van der Waals surface area contributed by atoms with Gasteiger partial charge >= 0.3 is 6.03 Å². The van der Waals surface area contributed by atoms with Crippen molar-refractivity contribution in [2.45, 2.75) is 45.2 Å². The number of nitrogens with one attached hydrogen (secondary N) is 3. The fourth-order valence-electron chi connectivity index (χ4n) is 3.49. The van der Waals surface area contributed by atoms with Crippen LogP contribution in [0.5, 0.6) is 0 Å². The van der Waals surface area contributed by atoms with Gasteiger partial charge in [0, 0.05) is 25.2 Å². The zero-order valence-electron chi connectivity index (χ0n) is 17.8. The van der Waals surface area contributed by atoms with Gasteiger partial charge in [0.15, 0.2) is 0 Å². The summed E-state index contributed by atoms with van der Waals surface area (Å²) in [6.45, 7) is 2.75. The summed E-state index contributed by atoms with van der Waals surface area (Å²) >= 11 is 6.34. The molecule has 0 unspecified atom stereocenters. The van der Waals surface area contributed by atoms with Gasteiger partial charge in [-0.2, -0.15) is 0 Å². The van der Waals surface area contributed by atoms with Crippen molar-refractivity contribution >= 4 is 40.8 Å². The lowest BCUT2D eigenvalue weighted by Gasteiger charge is -2.20. The van der Waals surface area contributed by atoms with E-state index in [-0.39, 0.29) is 24.2 Å². The molecule has 2 aromatic rings. The molecule has 170 valence electrons. The predicted molar refractivity (Wildman–Crippen MR) is 122 cm³/mol. The molecule has 3 rings (SSSR count). The minimum Gasteiger partial charge on any atom is -0.334 e. The van der Waals surface area contributed by atoms with Crippen LogP contribution >= 0.6 is 11.6 Å². The molecular weight excluding hydrogens is 435 g/mol. The van der Waals surface area contributed by atoms with Crippen molar-refractivity contribution in [2.75, 3.05) is 16.8 Å². The number of halogens is 2. The Balaban J connectivity index is 1.58. The Labute approximate surface area is 191 Å². The molecule has 1 fully saturated rings. The first-order valence-electron chi connectivity index (χ1n) is 10.6. The van der Waals surface area contributed by atoms with Crippen LogP contribution in [0.2, 0.25) is 5.02 Å². The molecule has 7 nitrogen and oxygen atoms in total. The lowest BCUT2D eigenvalue weighted by Crippen LogP contribution is -2.47. The second-order valence-corrected chi connectivity index (χ2v) is 8.01. The molecule has 1 atom stereocenters. The van der Waals surface area contributed by atoms with Gasteiger partial charge in [-0.1, -0.05) is 37.1 Å². The zero-order chi connectivity index (χ0) is 23.1. The van der Waals surface area contributed by atoms with Crippen LogP contribution in [-0.2, 0) is 16.1 Å². The number of hydrogen-bond donors (Lipinski definition) is 3. The topological polar surface area (TPSA) is 90.5 Å². The first kappa shape index (κ1) is 23.5. The Kier molecular flexibility index (Phi) is 8.05. The van der Waals surface area contributed by atoms with Crippen LogP contribution in [0.4, 0.5) is 20.6 Å². The molecule has 9 heteroatoms. The summed E-state index contributed by atoms with van der Waals surface area (Å²) in [4.78, 5) is 38.6. The second-order valence-electron chi connectivity index (χ2n) is 7.60. The molecule has 4 amide bonds. The fourth-order valence-corrected chi connectivity index (χ4v) is 3.77. The fraction of sp³-hybridized carbons (Fsp3) is 0.348. The third kappa shape index (κ3) is 6.20. The van der Waals surface area contributed by atoms with E-state index in [1.807, 2.05) is 6.92 Å². The second kappa shape index (κ2) is 10.9. The van der Waals surface area contributed by atoms with Crippen LogP contribution in [0.15, 0.2) is 42.5 Å². The molecule has 32 heavy (non-hydrogen) atoms. The third-order valence-corrected chi connectivity index (χ3v) is 5.45. The molecule has 1 saturated heterocycles. The van der Waals surface area contributed by atoms with Gasteiger partial charge < -0.3 is 20.9 Å². The molecule has 0 aliphatic carbocycles. The minimum absolute atomic E-state index is 0.0301. The highest BCUT2D eigenvalue weighted by atomic mass is 35.5. The van der Waals surface area contributed by atoms with Crippen molar-refractivity contribution in [3.8, 4) is 0 Å². The Bertz CT molecular complexity index is 984. The van der Waals surface area contributed by atoms with Crippen molar-refractivity contribution in [3.05, 3.63) is 58.9 Å².